The summed E-state index contributed by atoms with van der Waals surface area (Å²) in [5.41, 5.74) is 3.92. The van der Waals surface area contributed by atoms with Crippen LogP contribution in [0.4, 0.5) is 0 Å². The van der Waals surface area contributed by atoms with Crippen molar-refractivity contribution in [3.05, 3.63) is 11.1 Å². The Kier molecular flexibility index (Phi) is 0.508. The zero-order chi connectivity index (χ0) is 6.29. The lowest BCUT2D eigenvalue weighted by molar-refractivity contribution is 0.339. The minimum Gasteiger partial charge on any atom is -0.0664 e. The first kappa shape index (κ1) is 4.58. The Bertz CT molecular complexity index is 249. The minimum atomic E-state index is 1.10. The van der Waals surface area contributed by atoms with Crippen LogP contribution in [0.3, 0.4) is 0 Å². The number of hydrogen-bond acceptors (Lipinski definition) is 0. The Hall–Kier alpha value is -0.260. The van der Waals surface area contributed by atoms with Crippen molar-refractivity contribution in [3.8, 4) is 0 Å². The molecule has 10 heavy (non-hydrogen) atoms. The maximum Gasteiger partial charge on any atom is -0.0100 e. The summed E-state index contributed by atoms with van der Waals surface area (Å²) in [6, 6.07) is 0. The Morgan fingerprint density at radius 2 is 2.20 bits per heavy atom. The Morgan fingerprint density at radius 3 is 3.00 bits per heavy atom. The van der Waals surface area contributed by atoms with E-state index in [0.29, 0.717) is 0 Å². The summed E-state index contributed by atoms with van der Waals surface area (Å²) < 4.78 is 0. The van der Waals surface area contributed by atoms with Gasteiger partial charge in [0.05, 0.1) is 0 Å². The molecule has 6 rings (SSSR count). The van der Waals surface area contributed by atoms with Gasteiger partial charge in [-0.3, -0.25) is 0 Å². The van der Waals surface area contributed by atoms with Gasteiger partial charge in [-0.1, -0.05) is 11.1 Å². The molecule has 0 aromatic carbocycles. The Balaban J connectivity index is 2.03. The second-order valence-electron chi connectivity index (χ2n) is 4.59. The van der Waals surface area contributed by atoms with E-state index in [0.717, 1.165) is 23.7 Å². The highest BCUT2D eigenvalue weighted by molar-refractivity contribution is 5.47. The molecular formula is C10H12. The molecule has 0 N–H and O–H groups in total. The molecule has 0 aromatic rings. The topological polar surface area (TPSA) is 0 Å². The predicted molar refractivity (Wildman–Crippen MR) is 39.5 cm³/mol. The van der Waals surface area contributed by atoms with E-state index in [1.54, 1.807) is 19.3 Å². The molecule has 6 aliphatic rings. The van der Waals surface area contributed by atoms with Crippen molar-refractivity contribution >= 4 is 0 Å². The highest BCUT2D eigenvalue weighted by atomic mass is 14.7. The lowest BCUT2D eigenvalue weighted by Crippen LogP contribution is -2.21. The average Bonchev–Trinajstić information content (AvgIpc) is 2.47. The zero-order valence-electron chi connectivity index (χ0n) is 6.14. The molecule has 0 aliphatic heterocycles. The van der Waals surface area contributed by atoms with Crippen LogP contribution >= 0.6 is 0 Å². The van der Waals surface area contributed by atoms with Gasteiger partial charge in [-0.25, -0.2) is 0 Å². The fourth-order valence-corrected chi connectivity index (χ4v) is 4.25. The lowest BCUT2D eigenvalue weighted by atomic mass is 9.74. The molecule has 4 atom stereocenters. The molecule has 0 aromatic heterocycles. The molecule has 52 valence electrons. The molecule has 3 saturated carbocycles. The third-order valence-corrected chi connectivity index (χ3v) is 4.47. The normalized spacial score (nSPS) is 60.0. The van der Waals surface area contributed by atoms with Gasteiger partial charge in [0.15, 0.2) is 0 Å². The standard InChI is InChI=1S/C10H12/c1-2-6-4-8-7-3-5(1)9(8)10(6)7/h5-7,10H,1-4H2. The van der Waals surface area contributed by atoms with Gasteiger partial charge in [0.2, 0.25) is 0 Å². The highest BCUT2D eigenvalue weighted by Gasteiger charge is 2.61. The minimum absolute atomic E-state index is 1.10. The van der Waals surface area contributed by atoms with Crippen LogP contribution in [0.5, 0.6) is 0 Å². The van der Waals surface area contributed by atoms with Gasteiger partial charge in [-0.15, -0.1) is 0 Å². The largest absolute Gasteiger partial charge is 0.0664 e. The summed E-state index contributed by atoms with van der Waals surface area (Å²) in [4.78, 5) is 0. The second-order valence-corrected chi connectivity index (χ2v) is 4.59. The van der Waals surface area contributed by atoms with Gasteiger partial charge < -0.3 is 0 Å². The molecule has 3 fully saturated rings. The van der Waals surface area contributed by atoms with E-state index in [-0.39, 0.29) is 0 Å². The average molecular weight is 132 g/mol. The summed E-state index contributed by atoms with van der Waals surface area (Å²) in [6.45, 7) is 0. The summed E-state index contributed by atoms with van der Waals surface area (Å²) in [6.07, 6.45) is 6.22. The first-order chi connectivity index (χ1) is 4.95. The van der Waals surface area contributed by atoms with Crippen molar-refractivity contribution in [2.24, 2.45) is 23.7 Å². The van der Waals surface area contributed by atoms with E-state index < -0.39 is 0 Å². The summed E-state index contributed by atoms with van der Waals surface area (Å²) >= 11 is 0. The molecule has 4 unspecified atom stereocenters. The fraction of sp³-hybridized carbons (Fsp3) is 0.800. The number of rotatable bonds is 0. The van der Waals surface area contributed by atoms with Crippen LogP contribution in [0, 0.1) is 23.7 Å². The molecule has 0 heterocycles. The van der Waals surface area contributed by atoms with Crippen LogP contribution in [-0.4, -0.2) is 0 Å². The molecule has 0 spiro atoms. The van der Waals surface area contributed by atoms with Crippen molar-refractivity contribution < 1.29 is 0 Å². The van der Waals surface area contributed by atoms with Gasteiger partial charge in [-0.05, 0) is 49.4 Å². The smallest absolute Gasteiger partial charge is 0.0100 e. The summed E-state index contributed by atoms with van der Waals surface area (Å²) in [5, 5.41) is 0. The number of hydrogen-bond donors (Lipinski definition) is 0. The van der Waals surface area contributed by atoms with Gasteiger partial charge in [0, 0.05) is 0 Å². The summed E-state index contributed by atoms with van der Waals surface area (Å²) in [7, 11) is 0. The quantitative estimate of drug-likeness (QED) is 0.444. The fourth-order valence-electron chi connectivity index (χ4n) is 4.25. The van der Waals surface area contributed by atoms with Crippen LogP contribution in [-0.2, 0) is 0 Å². The van der Waals surface area contributed by atoms with Gasteiger partial charge >= 0.3 is 0 Å². The van der Waals surface area contributed by atoms with E-state index in [9.17, 15) is 0 Å². The highest BCUT2D eigenvalue weighted by Crippen LogP contribution is 2.71. The lowest BCUT2D eigenvalue weighted by Gasteiger charge is -2.30. The maximum atomic E-state index is 1.97. The monoisotopic (exact) mass is 132 g/mol. The Morgan fingerprint density at radius 1 is 1.20 bits per heavy atom. The van der Waals surface area contributed by atoms with Gasteiger partial charge in [0.1, 0.15) is 0 Å². The SMILES string of the molecule is C1CC2CC3=C4C1CC3C42. The van der Waals surface area contributed by atoms with Crippen molar-refractivity contribution in [1.29, 1.82) is 0 Å². The van der Waals surface area contributed by atoms with E-state index in [1.807, 2.05) is 11.1 Å². The second kappa shape index (κ2) is 1.11. The van der Waals surface area contributed by atoms with Crippen molar-refractivity contribution in [2.75, 3.05) is 0 Å². The maximum absolute atomic E-state index is 1.97. The van der Waals surface area contributed by atoms with Crippen molar-refractivity contribution in [3.63, 3.8) is 0 Å². The Labute approximate surface area is 61.3 Å². The predicted octanol–water partition coefficient (Wildman–Crippen LogP) is 2.36. The van der Waals surface area contributed by atoms with E-state index in [2.05, 4.69) is 0 Å². The van der Waals surface area contributed by atoms with Crippen LogP contribution in [0.2, 0.25) is 0 Å². The van der Waals surface area contributed by atoms with Crippen LogP contribution < -0.4 is 0 Å². The molecule has 6 aliphatic carbocycles. The first-order valence-corrected chi connectivity index (χ1v) is 4.68. The third-order valence-electron chi connectivity index (χ3n) is 4.47. The van der Waals surface area contributed by atoms with E-state index in [4.69, 9.17) is 0 Å². The molecule has 6 bridgehead atoms. The van der Waals surface area contributed by atoms with Crippen LogP contribution in [0.1, 0.15) is 25.7 Å². The van der Waals surface area contributed by atoms with Gasteiger partial charge in [0.25, 0.3) is 0 Å². The third kappa shape index (κ3) is 0.260. The van der Waals surface area contributed by atoms with Crippen molar-refractivity contribution in [1.82, 2.24) is 0 Å². The van der Waals surface area contributed by atoms with E-state index in [1.165, 1.54) is 6.42 Å². The van der Waals surface area contributed by atoms with E-state index >= 15 is 0 Å². The zero-order valence-corrected chi connectivity index (χ0v) is 6.14. The molecule has 0 heteroatoms. The molecule has 0 saturated heterocycles. The number of allylic oxidation sites excluding steroid dienone is 2. The first-order valence-electron chi connectivity index (χ1n) is 4.68. The molecule has 0 radical (unpaired) electrons. The summed E-state index contributed by atoms with van der Waals surface area (Å²) in [5.74, 6) is 4.53. The molecular weight excluding hydrogens is 120 g/mol. The van der Waals surface area contributed by atoms with Crippen molar-refractivity contribution in [2.45, 2.75) is 25.7 Å². The van der Waals surface area contributed by atoms with Crippen LogP contribution in [0.25, 0.3) is 0 Å². The molecule has 0 amide bonds. The van der Waals surface area contributed by atoms with Gasteiger partial charge in [-0.2, -0.15) is 0 Å². The van der Waals surface area contributed by atoms with Crippen LogP contribution in [0.15, 0.2) is 11.1 Å². The molecule has 0 nitrogen and oxygen atoms in total.